The number of aryl methyl sites for hydroxylation is 1. The second-order valence-electron chi connectivity index (χ2n) is 20.1. The van der Waals surface area contributed by atoms with E-state index in [2.05, 4.69) is 51.7 Å². The Bertz CT molecular complexity index is 3820. The lowest BCUT2D eigenvalue weighted by Gasteiger charge is -2.22. The molecular formula is C63H63N3O. The number of rotatable bonds is 9. The first-order valence-corrected chi connectivity index (χ1v) is 22.9. The molecule has 336 valence electrons. The number of pyridine rings is 1. The van der Waals surface area contributed by atoms with Crippen LogP contribution in [0.25, 0.3) is 83.9 Å². The number of phenols is 1. The minimum Gasteiger partial charge on any atom is -0.507 e. The summed E-state index contributed by atoms with van der Waals surface area (Å²) in [6.07, 6.45) is -0.538. The van der Waals surface area contributed by atoms with Crippen LogP contribution in [0.2, 0.25) is 0 Å². The van der Waals surface area contributed by atoms with Crippen LogP contribution in [0.15, 0.2) is 164 Å². The maximum Gasteiger partial charge on any atom is 0.149 e. The number of aromatic hydroxyl groups is 1. The molecule has 0 unspecified atom stereocenters. The molecule has 0 fully saturated rings. The Labute approximate surface area is 413 Å². The van der Waals surface area contributed by atoms with Crippen LogP contribution in [-0.2, 0) is 10.8 Å². The SMILES string of the molecule is [2H]c1nc(-c2cc(-c3cccc4c3nc(-c3cc(C(C)C)cc(C(C)C)c3O)n4-c3cc(-c4ccccc4)c(C([2H])([2H])[2H])cc3-c3ccc(C(C)(C)C)cc3)cc(C(C)(C)C)c2)c([2H])c(-c2c([2H])c([2H])c([2H])c([2H])c2[2H])c1[2H]. The first-order chi connectivity index (χ1) is 36.5. The van der Waals surface area contributed by atoms with Crippen molar-refractivity contribution in [2.75, 3.05) is 0 Å². The second kappa shape index (κ2) is 17.6. The first kappa shape index (κ1) is 33.4. The van der Waals surface area contributed by atoms with Crippen LogP contribution in [0.3, 0.4) is 0 Å². The normalized spacial score (nSPS) is 14.7. The first-order valence-electron chi connectivity index (χ1n) is 28.4. The van der Waals surface area contributed by atoms with Gasteiger partial charge in [0.15, 0.2) is 0 Å². The third kappa shape index (κ3) is 8.86. The van der Waals surface area contributed by atoms with Gasteiger partial charge in [-0.25, -0.2) is 4.98 Å². The lowest BCUT2D eigenvalue weighted by molar-refractivity contribution is 0.466. The van der Waals surface area contributed by atoms with Crippen LogP contribution in [0.1, 0.15) is 124 Å². The average Bonchev–Trinajstić information content (AvgIpc) is 3.91. The number of fused-ring (bicyclic) bond motifs is 1. The van der Waals surface area contributed by atoms with E-state index in [0.717, 1.165) is 27.8 Å². The second-order valence-corrected chi connectivity index (χ2v) is 20.1. The lowest BCUT2D eigenvalue weighted by atomic mass is 9.83. The van der Waals surface area contributed by atoms with E-state index in [1.807, 2.05) is 136 Å². The third-order valence-corrected chi connectivity index (χ3v) is 12.6. The molecular weight excluding hydrogens is 815 g/mol. The quantitative estimate of drug-likeness (QED) is 0.157. The number of hydrogen-bond acceptors (Lipinski definition) is 3. The summed E-state index contributed by atoms with van der Waals surface area (Å²) >= 11 is 0. The van der Waals surface area contributed by atoms with Gasteiger partial charge in [0.2, 0.25) is 0 Å². The van der Waals surface area contributed by atoms with Gasteiger partial charge in [-0.05, 0) is 139 Å². The molecule has 0 saturated heterocycles. The van der Waals surface area contributed by atoms with Crippen molar-refractivity contribution in [3.8, 4) is 78.6 Å². The van der Waals surface area contributed by atoms with Crippen molar-refractivity contribution in [2.24, 2.45) is 0 Å². The van der Waals surface area contributed by atoms with Gasteiger partial charge in [0, 0.05) is 27.0 Å². The highest BCUT2D eigenvalue weighted by Gasteiger charge is 2.27. The van der Waals surface area contributed by atoms with Crippen LogP contribution < -0.4 is 0 Å². The van der Waals surface area contributed by atoms with Crippen molar-refractivity contribution in [3.63, 3.8) is 0 Å². The van der Waals surface area contributed by atoms with Crippen LogP contribution in [-0.4, -0.2) is 19.6 Å². The predicted octanol–water partition coefficient (Wildman–Crippen LogP) is 17.3. The van der Waals surface area contributed by atoms with E-state index in [0.29, 0.717) is 61.5 Å². The molecule has 0 atom stereocenters. The summed E-state index contributed by atoms with van der Waals surface area (Å²) < 4.78 is 98.9. The molecule has 0 amide bonds. The molecule has 9 aromatic rings. The molecule has 0 aliphatic heterocycles. The van der Waals surface area contributed by atoms with E-state index in [4.69, 9.17) is 18.7 Å². The zero-order valence-corrected chi connectivity index (χ0v) is 39.9. The largest absolute Gasteiger partial charge is 0.507 e. The Kier molecular flexibility index (Phi) is 8.80. The zero-order chi connectivity index (χ0) is 56.8. The molecule has 0 saturated carbocycles. The van der Waals surface area contributed by atoms with E-state index < -0.39 is 54.7 Å². The predicted molar refractivity (Wildman–Crippen MR) is 283 cm³/mol. The molecule has 2 aromatic heterocycles. The van der Waals surface area contributed by atoms with Gasteiger partial charge in [0.25, 0.3) is 0 Å². The molecule has 1 N–H and O–H groups in total. The topological polar surface area (TPSA) is 50.9 Å². The third-order valence-electron chi connectivity index (χ3n) is 12.6. The summed E-state index contributed by atoms with van der Waals surface area (Å²) in [5.74, 6) is 0.470. The molecule has 7 aromatic carbocycles. The van der Waals surface area contributed by atoms with Crippen molar-refractivity contribution in [1.82, 2.24) is 14.5 Å². The zero-order valence-electron chi connectivity index (χ0n) is 50.9. The van der Waals surface area contributed by atoms with Gasteiger partial charge in [0.05, 0.1) is 38.9 Å². The summed E-state index contributed by atoms with van der Waals surface area (Å²) in [5.41, 5.74) is 9.02. The van der Waals surface area contributed by atoms with E-state index in [1.165, 1.54) is 0 Å². The van der Waals surface area contributed by atoms with Gasteiger partial charge in [0.1, 0.15) is 11.6 Å². The van der Waals surface area contributed by atoms with Crippen molar-refractivity contribution < 1.29 is 20.2 Å². The van der Waals surface area contributed by atoms with Crippen LogP contribution in [0, 0.1) is 6.85 Å². The van der Waals surface area contributed by atoms with E-state index in [-0.39, 0.29) is 51.4 Å². The highest BCUT2D eigenvalue weighted by atomic mass is 16.3. The number of hydrogen-bond donors (Lipinski definition) is 1. The Balaban J connectivity index is 1.42. The molecule has 0 aliphatic rings. The fourth-order valence-electron chi connectivity index (χ4n) is 8.70. The van der Waals surface area contributed by atoms with Gasteiger partial charge in [-0.3, -0.25) is 9.55 Å². The Morgan fingerprint density at radius 3 is 1.96 bits per heavy atom. The smallest absolute Gasteiger partial charge is 0.149 e. The fraction of sp³-hybridized carbons (Fsp3) is 0.238. The van der Waals surface area contributed by atoms with Crippen LogP contribution in [0.5, 0.6) is 5.75 Å². The minimum atomic E-state index is -2.52. The van der Waals surface area contributed by atoms with Gasteiger partial charge in [-0.15, -0.1) is 0 Å². The fourth-order valence-corrected chi connectivity index (χ4v) is 8.70. The van der Waals surface area contributed by atoms with Crippen molar-refractivity contribution in [1.29, 1.82) is 0 Å². The molecule has 67 heavy (non-hydrogen) atoms. The standard InChI is InChI=1S/C63H63N3O/c1-39(2)46-35-52(40(3)4)60(67)55(36-46)61-65-59-51(47-32-48(34-50(33-47)63(9,10)11)56-37-45(29-30-64-56)42-19-14-12-15-20-42)23-18-24-57(59)66(61)58-38-53(43-21-16-13-17-22-43)41(5)31-54(58)44-25-27-49(28-26-44)62(6,7)8/h12-40,67H,1-11H3/i5D3,12D,14D,15D,19D,20D,29D,30D,37D. The van der Waals surface area contributed by atoms with E-state index >= 15 is 0 Å². The maximum absolute atomic E-state index is 12.6. The van der Waals surface area contributed by atoms with Crippen molar-refractivity contribution >= 4 is 11.0 Å². The minimum absolute atomic E-state index is 0.0231. The number of phenolic OH excluding ortho intramolecular Hbond substituents is 1. The average molecular weight is 889 g/mol. The highest BCUT2D eigenvalue weighted by Crippen LogP contribution is 2.46. The van der Waals surface area contributed by atoms with Crippen LogP contribution in [0.4, 0.5) is 0 Å². The van der Waals surface area contributed by atoms with Gasteiger partial charge in [-0.2, -0.15) is 0 Å². The lowest BCUT2D eigenvalue weighted by Crippen LogP contribution is -2.11. The van der Waals surface area contributed by atoms with E-state index in [9.17, 15) is 6.48 Å². The molecule has 9 rings (SSSR count). The number of benzene rings is 7. The van der Waals surface area contributed by atoms with Crippen molar-refractivity contribution in [3.05, 3.63) is 192 Å². The molecule has 4 heteroatoms. The van der Waals surface area contributed by atoms with Crippen LogP contribution >= 0.6 is 0 Å². The molecule has 2 heterocycles. The molecule has 0 spiro atoms. The summed E-state index contributed by atoms with van der Waals surface area (Å²) in [7, 11) is 0. The Hall–Kier alpha value is -7.04. The summed E-state index contributed by atoms with van der Waals surface area (Å²) in [6.45, 7) is 18.3. The number of nitrogens with zero attached hydrogens (tertiary/aromatic N) is 3. The summed E-state index contributed by atoms with van der Waals surface area (Å²) in [4.78, 5) is 10.1. The van der Waals surface area contributed by atoms with Gasteiger partial charge >= 0.3 is 0 Å². The number of imidazole rings is 1. The highest BCUT2D eigenvalue weighted by molar-refractivity contribution is 5.98. The maximum atomic E-state index is 12.6. The molecule has 0 bridgehead atoms. The Morgan fingerprint density at radius 1 is 0.582 bits per heavy atom. The molecule has 0 aliphatic carbocycles. The molecule has 0 radical (unpaired) electrons. The monoisotopic (exact) mass is 889 g/mol. The molecule has 4 nitrogen and oxygen atoms in total. The van der Waals surface area contributed by atoms with Crippen molar-refractivity contribution in [2.45, 2.75) is 98.8 Å². The Morgan fingerprint density at radius 2 is 1.28 bits per heavy atom. The summed E-state index contributed by atoms with van der Waals surface area (Å²) in [5, 5.41) is 12.6. The van der Waals surface area contributed by atoms with E-state index in [1.54, 1.807) is 6.07 Å². The van der Waals surface area contributed by atoms with Gasteiger partial charge in [-0.1, -0.05) is 178 Å². The number of aromatic nitrogens is 3. The summed E-state index contributed by atoms with van der Waals surface area (Å²) in [6, 6.07) is 32.9. The number of para-hydroxylation sites is 1. The van der Waals surface area contributed by atoms with Gasteiger partial charge < -0.3 is 5.11 Å².